The Bertz CT molecular complexity index is 562. The highest BCUT2D eigenvalue weighted by Gasteiger charge is 2.23. The molecule has 90 valence electrons. The molecule has 0 aliphatic carbocycles. The van der Waals surface area contributed by atoms with E-state index in [1.165, 1.54) is 16.7 Å². The highest BCUT2D eigenvalue weighted by molar-refractivity contribution is 7.80. The van der Waals surface area contributed by atoms with E-state index in [2.05, 4.69) is 53.8 Å². The number of rotatable bonds is 1. The summed E-state index contributed by atoms with van der Waals surface area (Å²) in [6.07, 6.45) is 1.04. The van der Waals surface area contributed by atoms with Crippen LogP contribution in [-0.4, -0.2) is 11.5 Å². The molecule has 0 aromatic heterocycles. The van der Waals surface area contributed by atoms with Crippen molar-refractivity contribution in [3.8, 4) is 0 Å². The van der Waals surface area contributed by atoms with Gasteiger partial charge in [0.2, 0.25) is 0 Å². The lowest BCUT2D eigenvalue weighted by Crippen LogP contribution is -2.27. The van der Waals surface area contributed by atoms with E-state index in [1.807, 2.05) is 6.07 Å². The number of fused-ring (bicyclic) bond motifs is 1. The molecule has 0 spiro atoms. The summed E-state index contributed by atoms with van der Waals surface area (Å²) in [6.45, 7) is 0.930. The quantitative estimate of drug-likeness (QED) is 0.783. The first-order valence-electron chi connectivity index (χ1n) is 6.27. The highest BCUT2D eigenvalue weighted by Crippen LogP contribution is 2.30. The van der Waals surface area contributed by atoms with Gasteiger partial charge < -0.3 is 5.32 Å². The van der Waals surface area contributed by atoms with Crippen molar-refractivity contribution in [3.63, 3.8) is 0 Å². The summed E-state index contributed by atoms with van der Waals surface area (Å²) in [6, 6.07) is 19.1. The summed E-state index contributed by atoms with van der Waals surface area (Å²) in [5, 5.41) is 3.37. The summed E-state index contributed by atoms with van der Waals surface area (Å²) in [5.74, 6) is 0.194. The third-order valence-corrected chi connectivity index (χ3v) is 3.83. The molecule has 2 aromatic rings. The maximum Gasteiger partial charge on any atom is 0.0874 e. The lowest BCUT2D eigenvalue weighted by atomic mass is 9.88. The van der Waals surface area contributed by atoms with Gasteiger partial charge in [0.25, 0.3) is 0 Å². The molecule has 0 saturated heterocycles. The normalized spacial score (nSPS) is 18.7. The smallest absolute Gasteiger partial charge is 0.0874 e. The molecule has 1 atom stereocenters. The maximum absolute atomic E-state index is 5.56. The molecular weight excluding hydrogens is 238 g/mol. The Morgan fingerprint density at radius 3 is 2.50 bits per heavy atom. The van der Waals surface area contributed by atoms with Crippen LogP contribution >= 0.6 is 12.2 Å². The van der Waals surface area contributed by atoms with Crippen LogP contribution in [0.1, 0.15) is 22.6 Å². The Morgan fingerprint density at radius 2 is 1.67 bits per heavy atom. The molecule has 1 nitrogen and oxygen atoms in total. The second kappa shape index (κ2) is 4.91. The van der Waals surface area contributed by atoms with Gasteiger partial charge in [-0.15, -0.1) is 0 Å². The second-order valence-electron chi connectivity index (χ2n) is 4.58. The average Bonchev–Trinajstić information content (AvgIpc) is 2.58. The van der Waals surface area contributed by atoms with Crippen LogP contribution < -0.4 is 5.32 Å². The molecular formula is C16H15NS. The van der Waals surface area contributed by atoms with Gasteiger partial charge in [0.05, 0.1) is 10.9 Å². The summed E-state index contributed by atoms with van der Waals surface area (Å²) < 4.78 is 0. The van der Waals surface area contributed by atoms with E-state index < -0.39 is 0 Å². The molecule has 0 amide bonds. The van der Waals surface area contributed by atoms with E-state index in [4.69, 9.17) is 12.2 Å². The summed E-state index contributed by atoms with van der Waals surface area (Å²) in [4.78, 5) is 0.936. The maximum atomic E-state index is 5.56. The lowest BCUT2D eigenvalue weighted by Gasteiger charge is -2.19. The van der Waals surface area contributed by atoms with Crippen LogP contribution in [0.5, 0.6) is 0 Å². The van der Waals surface area contributed by atoms with Crippen molar-refractivity contribution in [1.82, 2.24) is 5.32 Å². The van der Waals surface area contributed by atoms with Gasteiger partial charge in [0.1, 0.15) is 0 Å². The van der Waals surface area contributed by atoms with E-state index in [0.29, 0.717) is 0 Å². The van der Waals surface area contributed by atoms with E-state index in [1.54, 1.807) is 0 Å². The van der Waals surface area contributed by atoms with Gasteiger partial charge in [0, 0.05) is 6.54 Å². The van der Waals surface area contributed by atoms with Gasteiger partial charge in [-0.1, -0.05) is 66.8 Å². The van der Waals surface area contributed by atoms with Crippen molar-refractivity contribution in [2.24, 2.45) is 0 Å². The van der Waals surface area contributed by atoms with E-state index in [0.717, 1.165) is 18.0 Å². The minimum absolute atomic E-state index is 0.194. The SMILES string of the molecule is S=C1NCCc2ccccc2[C@@H]1c1ccccc1. The number of benzene rings is 2. The first kappa shape index (κ1) is 11.4. The molecule has 1 aliphatic heterocycles. The molecule has 2 aromatic carbocycles. The molecule has 2 heteroatoms. The van der Waals surface area contributed by atoms with Crippen molar-refractivity contribution in [3.05, 3.63) is 71.3 Å². The van der Waals surface area contributed by atoms with Crippen molar-refractivity contribution >= 4 is 17.2 Å². The zero-order valence-electron chi connectivity index (χ0n) is 10.1. The Hall–Kier alpha value is -1.67. The van der Waals surface area contributed by atoms with E-state index in [9.17, 15) is 0 Å². The summed E-state index contributed by atoms with van der Waals surface area (Å²) in [7, 11) is 0. The van der Waals surface area contributed by atoms with Gasteiger partial charge in [-0.2, -0.15) is 0 Å². The van der Waals surface area contributed by atoms with Gasteiger partial charge in [-0.05, 0) is 23.1 Å². The molecule has 1 aliphatic rings. The van der Waals surface area contributed by atoms with Crippen LogP contribution in [-0.2, 0) is 6.42 Å². The third kappa shape index (κ3) is 2.04. The molecule has 18 heavy (non-hydrogen) atoms. The summed E-state index contributed by atoms with van der Waals surface area (Å²) >= 11 is 5.56. The van der Waals surface area contributed by atoms with Gasteiger partial charge in [-0.3, -0.25) is 0 Å². The van der Waals surface area contributed by atoms with Crippen LogP contribution in [0.25, 0.3) is 0 Å². The lowest BCUT2D eigenvalue weighted by molar-refractivity contribution is 0.882. The van der Waals surface area contributed by atoms with Crippen LogP contribution in [0.2, 0.25) is 0 Å². The largest absolute Gasteiger partial charge is 0.379 e. The van der Waals surface area contributed by atoms with Crippen LogP contribution in [0.4, 0.5) is 0 Å². The minimum atomic E-state index is 0.194. The number of hydrogen-bond donors (Lipinski definition) is 1. The molecule has 0 bridgehead atoms. The van der Waals surface area contributed by atoms with E-state index in [-0.39, 0.29) is 5.92 Å². The number of nitrogens with one attached hydrogen (secondary N) is 1. The fraction of sp³-hybridized carbons (Fsp3) is 0.188. The van der Waals surface area contributed by atoms with Crippen LogP contribution in [0.15, 0.2) is 54.6 Å². The standard InChI is InChI=1S/C16H15NS/c18-16-15(13-7-2-1-3-8-13)14-9-5-4-6-12(14)10-11-17-16/h1-9,15H,10-11H2,(H,17,18)/t15-/m0/s1. The predicted octanol–water partition coefficient (Wildman–Crippen LogP) is 3.29. The monoisotopic (exact) mass is 253 g/mol. The molecule has 1 N–H and O–H groups in total. The zero-order valence-corrected chi connectivity index (χ0v) is 10.9. The fourth-order valence-corrected chi connectivity index (χ4v) is 2.95. The molecule has 0 unspecified atom stereocenters. The predicted molar refractivity (Wildman–Crippen MR) is 79.0 cm³/mol. The topological polar surface area (TPSA) is 12.0 Å². The fourth-order valence-electron chi connectivity index (χ4n) is 2.58. The first-order valence-corrected chi connectivity index (χ1v) is 6.67. The summed E-state index contributed by atoms with van der Waals surface area (Å²) in [5.41, 5.74) is 4.02. The molecule has 0 saturated carbocycles. The average molecular weight is 253 g/mol. The molecule has 0 radical (unpaired) electrons. The van der Waals surface area contributed by atoms with Crippen molar-refractivity contribution in [2.75, 3.05) is 6.54 Å². The Balaban J connectivity index is 2.14. The Morgan fingerprint density at radius 1 is 0.944 bits per heavy atom. The number of thiocarbonyl (C=S) groups is 1. The Labute approximate surface area is 113 Å². The minimum Gasteiger partial charge on any atom is -0.379 e. The van der Waals surface area contributed by atoms with E-state index >= 15 is 0 Å². The van der Waals surface area contributed by atoms with Gasteiger partial charge in [-0.25, -0.2) is 0 Å². The molecule has 0 fully saturated rings. The highest BCUT2D eigenvalue weighted by atomic mass is 32.1. The van der Waals surface area contributed by atoms with Crippen LogP contribution in [0, 0.1) is 0 Å². The molecule has 1 heterocycles. The van der Waals surface area contributed by atoms with Crippen molar-refractivity contribution in [1.29, 1.82) is 0 Å². The van der Waals surface area contributed by atoms with Gasteiger partial charge >= 0.3 is 0 Å². The zero-order chi connectivity index (χ0) is 12.4. The second-order valence-corrected chi connectivity index (χ2v) is 5.02. The Kier molecular flexibility index (Phi) is 3.11. The third-order valence-electron chi connectivity index (χ3n) is 3.45. The number of hydrogen-bond acceptors (Lipinski definition) is 1. The first-order chi connectivity index (χ1) is 8.86. The van der Waals surface area contributed by atoms with Crippen molar-refractivity contribution in [2.45, 2.75) is 12.3 Å². The van der Waals surface area contributed by atoms with Gasteiger partial charge in [0.15, 0.2) is 0 Å². The molecule has 3 rings (SSSR count). The van der Waals surface area contributed by atoms with Crippen LogP contribution in [0.3, 0.4) is 0 Å². The van der Waals surface area contributed by atoms with Crippen molar-refractivity contribution < 1.29 is 0 Å².